The highest BCUT2D eigenvalue weighted by molar-refractivity contribution is 7.89. The zero-order valence-electron chi connectivity index (χ0n) is 15.5. The summed E-state index contributed by atoms with van der Waals surface area (Å²) in [5, 5.41) is 2.73. The molecule has 8 nitrogen and oxygen atoms in total. The van der Waals surface area contributed by atoms with E-state index < -0.39 is 22.0 Å². The van der Waals surface area contributed by atoms with Gasteiger partial charge in [-0.15, -0.1) is 0 Å². The van der Waals surface area contributed by atoms with E-state index in [-0.39, 0.29) is 16.3 Å². The van der Waals surface area contributed by atoms with Gasteiger partial charge < -0.3 is 10.1 Å². The second kappa shape index (κ2) is 8.21. The first-order valence-electron chi connectivity index (χ1n) is 8.50. The number of benzene rings is 2. The van der Waals surface area contributed by atoms with E-state index in [2.05, 4.69) is 18.8 Å². The highest BCUT2D eigenvalue weighted by Gasteiger charge is 2.30. The number of nitrogens with one attached hydrogen (secondary N) is 2. The molecule has 28 heavy (non-hydrogen) atoms. The van der Waals surface area contributed by atoms with Crippen molar-refractivity contribution >= 4 is 44.4 Å². The Morgan fingerprint density at radius 1 is 1.11 bits per heavy atom. The van der Waals surface area contributed by atoms with Gasteiger partial charge in [-0.2, -0.15) is 13.5 Å². The van der Waals surface area contributed by atoms with Crippen molar-refractivity contribution in [3.05, 3.63) is 42.5 Å². The molecule has 2 N–H and O–H groups in total. The summed E-state index contributed by atoms with van der Waals surface area (Å²) in [4.78, 5) is 12.7. The van der Waals surface area contributed by atoms with Crippen molar-refractivity contribution in [2.45, 2.75) is 24.8 Å². The SMILES string of the molecule is COc1ccc(NC(=O)[C@@H](NS(=O)(=O)c2cccc3nsnc23)C(C)C)cc1. The lowest BCUT2D eigenvalue weighted by atomic mass is 10.0. The molecule has 10 heteroatoms. The van der Waals surface area contributed by atoms with E-state index in [0.717, 1.165) is 11.7 Å². The molecule has 0 aliphatic carbocycles. The third-order valence-electron chi connectivity index (χ3n) is 4.13. The summed E-state index contributed by atoms with van der Waals surface area (Å²) in [5.41, 5.74) is 1.33. The molecule has 0 aliphatic rings. The summed E-state index contributed by atoms with van der Waals surface area (Å²) in [7, 11) is -2.42. The van der Waals surface area contributed by atoms with Crippen molar-refractivity contribution in [2.75, 3.05) is 12.4 Å². The number of fused-ring (bicyclic) bond motifs is 1. The number of carbonyl (C=O) groups is 1. The average molecular weight is 421 g/mol. The van der Waals surface area contributed by atoms with Crippen LogP contribution in [0, 0.1) is 5.92 Å². The Morgan fingerprint density at radius 2 is 1.82 bits per heavy atom. The van der Waals surface area contributed by atoms with E-state index in [0.29, 0.717) is 17.0 Å². The second-order valence-corrected chi connectivity index (χ2v) is 8.66. The topological polar surface area (TPSA) is 110 Å². The molecule has 148 valence electrons. The molecular formula is C18H20N4O4S2. The number of ether oxygens (including phenoxy) is 1. The van der Waals surface area contributed by atoms with Crippen LogP contribution in [0.25, 0.3) is 11.0 Å². The quantitative estimate of drug-likeness (QED) is 0.608. The fourth-order valence-electron chi connectivity index (χ4n) is 2.62. The second-order valence-electron chi connectivity index (χ2n) is 6.45. The molecule has 0 fully saturated rings. The lowest BCUT2D eigenvalue weighted by Gasteiger charge is -2.21. The molecule has 2 aromatic carbocycles. The lowest BCUT2D eigenvalue weighted by Crippen LogP contribution is -2.47. The summed E-state index contributed by atoms with van der Waals surface area (Å²) >= 11 is 0.938. The smallest absolute Gasteiger partial charge is 0.243 e. The van der Waals surface area contributed by atoms with Gasteiger partial charge in [-0.1, -0.05) is 19.9 Å². The van der Waals surface area contributed by atoms with Crippen LogP contribution < -0.4 is 14.8 Å². The van der Waals surface area contributed by atoms with Crippen LogP contribution in [0.2, 0.25) is 0 Å². The number of sulfonamides is 1. The maximum atomic E-state index is 12.9. The molecule has 3 aromatic rings. The molecule has 0 radical (unpaired) electrons. The fourth-order valence-corrected chi connectivity index (χ4v) is 4.73. The molecule has 1 amide bonds. The Bertz CT molecular complexity index is 1080. The molecule has 1 atom stereocenters. The van der Waals surface area contributed by atoms with E-state index in [1.165, 1.54) is 6.07 Å². The number of hydrogen-bond donors (Lipinski definition) is 2. The fraction of sp³-hybridized carbons (Fsp3) is 0.278. The maximum Gasteiger partial charge on any atom is 0.243 e. The highest BCUT2D eigenvalue weighted by atomic mass is 32.2. The highest BCUT2D eigenvalue weighted by Crippen LogP contribution is 2.22. The minimum Gasteiger partial charge on any atom is -0.497 e. The van der Waals surface area contributed by atoms with Crippen LogP contribution in [0.1, 0.15) is 13.8 Å². The first-order valence-corrected chi connectivity index (χ1v) is 10.7. The molecule has 3 rings (SSSR count). The standard InChI is InChI=1S/C18H20N4O4S2/c1-11(2)16(18(23)19-12-7-9-13(26-3)10-8-12)22-28(24,25)15-6-4-5-14-17(15)21-27-20-14/h4-11,16,22H,1-3H3,(H,19,23)/t16-/m0/s1. The van der Waals surface area contributed by atoms with Gasteiger partial charge in [-0.25, -0.2) is 8.42 Å². The summed E-state index contributed by atoms with van der Waals surface area (Å²) in [6.45, 7) is 3.54. The third-order valence-corrected chi connectivity index (χ3v) is 6.14. The van der Waals surface area contributed by atoms with Crippen LogP contribution >= 0.6 is 11.7 Å². The van der Waals surface area contributed by atoms with Crippen molar-refractivity contribution in [1.29, 1.82) is 0 Å². The van der Waals surface area contributed by atoms with Crippen molar-refractivity contribution in [1.82, 2.24) is 13.5 Å². The van der Waals surface area contributed by atoms with E-state index in [1.54, 1.807) is 57.4 Å². The van der Waals surface area contributed by atoms with Crippen LogP contribution in [0.5, 0.6) is 5.75 Å². The van der Waals surface area contributed by atoms with Crippen molar-refractivity contribution in [3.63, 3.8) is 0 Å². The lowest BCUT2D eigenvalue weighted by molar-refractivity contribution is -0.118. The summed E-state index contributed by atoms with van der Waals surface area (Å²) in [5.74, 6) is -0.0721. The van der Waals surface area contributed by atoms with Crippen LogP contribution in [0.15, 0.2) is 47.4 Å². The van der Waals surface area contributed by atoms with Crippen LogP contribution in [0.4, 0.5) is 5.69 Å². The molecular weight excluding hydrogens is 400 g/mol. The minimum atomic E-state index is -3.98. The maximum absolute atomic E-state index is 12.9. The number of methoxy groups -OCH3 is 1. The van der Waals surface area contributed by atoms with E-state index in [1.807, 2.05) is 0 Å². The van der Waals surface area contributed by atoms with Crippen molar-refractivity contribution < 1.29 is 17.9 Å². The number of amides is 1. The first kappa shape index (κ1) is 20.2. The molecule has 1 heterocycles. The first-order chi connectivity index (χ1) is 13.3. The van der Waals surface area contributed by atoms with Crippen molar-refractivity contribution in [2.24, 2.45) is 5.92 Å². The Balaban J connectivity index is 1.83. The van der Waals surface area contributed by atoms with Gasteiger partial charge in [0.05, 0.1) is 18.8 Å². The van der Waals surface area contributed by atoms with Gasteiger partial charge in [0.25, 0.3) is 0 Å². The Hall–Kier alpha value is -2.56. The number of hydrogen-bond acceptors (Lipinski definition) is 7. The number of aromatic nitrogens is 2. The summed E-state index contributed by atoms with van der Waals surface area (Å²) in [6.07, 6.45) is 0. The third kappa shape index (κ3) is 4.29. The normalized spacial score (nSPS) is 12.9. The van der Waals surface area contributed by atoms with E-state index in [4.69, 9.17) is 4.74 Å². The van der Waals surface area contributed by atoms with Gasteiger partial charge in [0.2, 0.25) is 15.9 Å². The monoisotopic (exact) mass is 420 g/mol. The largest absolute Gasteiger partial charge is 0.497 e. The van der Waals surface area contributed by atoms with Gasteiger partial charge in [-0.05, 0) is 42.3 Å². The zero-order chi connectivity index (χ0) is 20.3. The summed E-state index contributed by atoms with van der Waals surface area (Å²) in [6, 6.07) is 10.6. The average Bonchev–Trinajstić information content (AvgIpc) is 3.15. The predicted octanol–water partition coefficient (Wildman–Crippen LogP) is 2.64. The molecule has 0 unspecified atom stereocenters. The van der Waals surface area contributed by atoms with Gasteiger partial charge >= 0.3 is 0 Å². The Kier molecular flexibility index (Phi) is 5.92. The molecule has 1 aromatic heterocycles. The van der Waals surface area contributed by atoms with Crippen LogP contribution in [-0.2, 0) is 14.8 Å². The molecule has 0 saturated carbocycles. The Morgan fingerprint density at radius 3 is 2.46 bits per heavy atom. The zero-order valence-corrected chi connectivity index (χ0v) is 17.2. The molecule has 0 bridgehead atoms. The minimum absolute atomic E-state index is 0.00153. The number of rotatable bonds is 7. The van der Waals surface area contributed by atoms with Crippen molar-refractivity contribution in [3.8, 4) is 5.75 Å². The van der Waals surface area contributed by atoms with Crippen LogP contribution in [-0.4, -0.2) is 36.2 Å². The number of carbonyl (C=O) groups excluding carboxylic acids is 1. The molecule has 0 spiro atoms. The van der Waals surface area contributed by atoms with Gasteiger partial charge in [0.15, 0.2) is 0 Å². The summed E-state index contributed by atoms with van der Waals surface area (Å²) < 4.78 is 41.6. The molecule has 0 aliphatic heterocycles. The molecule has 0 saturated heterocycles. The van der Waals surface area contributed by atoms with E-state index >= 15 is 0 Å². The van der Waals surface area contributed by atoms with Gasteiger partial charge in [-0.3, -0.25) is 4.79 Å². The van der Waals surface area contributed by atoms with Crippen LogP contribution in [0.3, 0.4) is 0 Å². The van der Waals surface area contributed by atoms with E-state index in [9.17, 15) is 13.2 Å². The van der Waals surface area contributed by atoms with Gasteiger partial charge in [0.1, 0.15) is 27.7 Å². The van der Waals surface area contributed by atoms with Gasteiger partial charge in [0, 0.05) is 5.69 Å². The Labute approximate surface area is 167 Å². The number of anilines is 1. The predicted molar refractivity (Wildman–Crippen MR) is 108 cm³/mol. The number of nitrogens with zero attached hydrogens (tertiary/aromatic N) is 2.